The summed E-state index contributed by atoms with van der Waals surface area (Å²) < 4.78 is 89.5. The molecular formula is C21H19F6N3O4. The number of hydrogen-bond acceptors (Lipinski definition) is 6. The van der Waals surface area contributed by atoms with E-state index in [0.29, 0.717) is 31.0 Å². The summed E-state index contributed by atoms with van der Waals surface area (Å²) >= 11 is 0. The number of alkyl halides is 6. The van der Waals surface area contributed by atoms with Crippen molar-refractivity contribution in [2.75, 3.05) is 6.61 Å². The van der Waals surface area contributed by atoms with E-state index in [2.05, 4.69) is 20.3 Å². The highest BCUT2D eigenvalue weighted by molar-refractivity contribution is 5.79. The van der Waals surface area contributed by atoms with Gasteiger partial charge in [-0.15, -0.1) is 23.4 Å². The van der Waals surface area contributed by atoms with Crippen LogP contribution in [0.5, 0.6) is 5.75 Å². The summed E-state index contributed by atoms with van der Waals surface area (Å²) in [4.78, 5) is 12.2. The van der Waals surface area contributed by atoms with Crippen LogP contribution in [0.15, 0.2) is 28.7 Å². The number of nitrogens with zero attached hydrogens (tertiary/aromatic N) is 2. The van der Waals surface area contributed by atoms with E-state index in [4.69, 9.17) is 9.15 Å². The van der Waals surface area contributed by atoms with Crippen molar-refractivity contribution in [1.82, 2.24) is 15.5 Å². The molecule has 0 saturated heterocycles. The molecule has 4 saturated carbocycles. The van der Waals surface area contributed by atoms with Crippen molar-refractivity contribution in [3.8, 4) is 5.75 Å². The van der Waals surface area contributed by atoms with E-state index in [9.17, 15) is 31.1 Å². The lowest BCUT2D eigenvalue weighted by atomic mass is 9.39. The molecule has 184 valence electrons. The summed E-state index contributed by atoms with van der Waals surface area (Å²) in [6.45, 7) is -0.340. The van der Waals surface area contributed by atoms with Gasteiger partial charge in [-0.3, -0.25) is 9.53 Å². The monoisotopic (exact) mass is 491 g/mol. The van der Waals surface area contributed by atoms with Crippen LogP contribution in [0.1, 0.15) is 55.4 Å². The minimum Gasteiger partial charge on any atom is -0.484 e. The zero-order valence-corrected chi connectivity index (χ0v) is 17.5. The normalized spacial score (nSPS) is 30.1. The van der Waals surface area contributed by atoms with Gasteiger partial charge in [0.1, 0.15) is 5.75 Å². The number of amides is 1. The Morgan fingerprint density at radius 3 is 2.29 bits per heavy atom. The van der Waals surface area contributed by atoms with E-state index in [1.807, 2.05) is 0 Å². The van der Waals surface area contributed by atoms with E-state index in [0.717, 1.165) is 24.3 Å². The number of rotatable bonds is 7. The van der Waals surface area contributed by atoms with Crippen LogP contribution in [0, 0.1) is 0 Å². The maximum absolute atomic E-state index is 12.6. The topological polar surface area (TPSA) is 86.5 Å². The molecule has 0 spiro atoms. The molecule has 7 nitrogen and oxygen atoms in total. The fourth-order valence-electron chi connectivity index (χ4n) is 5.03. The first-order valence-electron chi connectivity index (χ1n) is 10.5. The van der Waals surface area contributed by atoms with Gasteiger partial charge < -0.3 is 14.5 Å². The fourth-order valence-corrected chi connectivity index (χ4v) is 5.03. The van der Waals surface area contributed by atoms with E-state index in [-0.39, 0.29) is 36.5 Å². The maximum atomic E-state index is 12.6. The number of benzene rings is 1. The van der Waals surface area contributed by atoms with Crippen molar-refractivity contribution >= 4 is 5.91 Å². The van der Waals surface area contributed by atoms with Gasteiger partial charge >= 0.3 is 12.5 Å². The molecule has 1 amide bonds. The molecule has 13 heteroatoms. The number of carbonyl (C=O) groups excluding carboxylic acids is 1. The predicted molar refractivity (Wildman–Crippen MR) is 101 cm³/mol. The smallest absolute Gasteiger partial charge is 0.484 e. The minimum atomic E-state index is -4.66. The van der Waals surface area contributed by atoms with Crippen molar-refractivity contribution in [3.05, 3.63) is 41.6 Å². The molecule has 4 aliphatic rings. The molecule has 0 aliphatic heterocycles. The first-order valence-corrected chi connectivity index (χ1v) is 10.5. The summed E-state index contributed by atoms with van der Waals surface area (Å²) in [5, 5.41) is 10.9. The van der Waals surface area contributed by atoms with Crippen molar-refractivity contribution in [1.29, 1.82) is 0 Å². The second kappa shape index (κ2) is 7.59. The van der Waals surface area contributed by atoms with Crippen LogP contribution >= 0.6 is 0 Å². The zero-order valence-electron chi connectivity index (χ0n) is 17.5. The van der Waals surface area contributed by atoms with Crippen molar-refractivity contribution in [2.45, 2.75) is 67.6 Å². The van der Waals surface area contributed by atoms with Gasteiger partial charge in [0, 0.05) is 11.5 Å². The van der Waals surface area contributed by atoms with Crippen LogP contribution in [0.25, 0.3) is 0 Å². The number of carbonyl (C=O) groups is 1. The maximum Gasteiger partial charge on any atom is 0.522 e. The fraction of sp³-hybridized carbons (Fsp3) is 0.571. The number of hydrogen-bond donors (Lipinski definition) is 1. The number of aromatic nitrogens is 2. The number of halogens is 6. The van der Waals surface area contributed by atoms with Crippen LogP contribution in [0.3, 0.4) is 0 Å². The second-order valence-electron chi connectivity index (χ2n) is 9.25. The Balaban J connectivity index is 1.07. The molecule has 1 aromatic carbocycles. The molecule has 6 rings (SSSR count). The highest BCUT2D eigenvalue weighted by Gasteiger charge is 2.72. The highest BCUT2D eigenvalue weighted by atomic mass is 19.4. The first-order chi connectivity index (χ1) is 15.8. The Bertz CT molecular complexity index is 1060. The average Bonchev–Trinajstić information content (AvgIpc) is 3.12. The SMILES string of the molecule is O=C(COc1ccc(C(F)(F)F)cc1)NC12CC(c3nnc([C@H]4C[C@@H](OC(F)(F)F)C4)o3)(C1)C2. The van der Waals surface area contributed by atoms with E-state index < -0.39 is 35.7 Å². The third kappa shape index (κ3) is 4.32. The quantitative estimate of drug-likeness (QED) is 0.584. The first kappa shape index (κ1) is 22.9. The Hall–Kier alpha value is -2.83. The lowest BCUT2D eigenvalue weighted by molar-refractivity contribution is -0.352. The zero-order chi connectivity index (χ0) is 24.4. The Morgan fingerprint density at radius 2 is 1.71 bits per heavy atom. The van der Waals surface area contributed by atoms with Gasteiger partial charge in [-0.05, 0) is 56.4 Å². The Kier molecular flexibility index (Phi) is 5.12. The van der Waals surface area contributed by atoms with Gasteiger partial charge in [0.15, 0.2) is 6.61 Å². The van der Waals surface area contributed by atoms with E-state index in [1.165, 1.54) is 0 Å². The molecular weight excluding hydrogens is 472 g/mol. The third-order valence-electron chi connectivity index (χ3n) is 6.63. The molecule has 0 atom stereocenters. The Morgan fingerprint density at radius 1 is 1.06 bits per heavy atom. The summed E-state index contributed by atoms with van der Waals surface area (Å²) in [6.07, 6.45) is -7.95. The molecule has 1 N–H and O–H groups in total. The molecule has 0 unspecified atom stereocenters. The largest absolute Gasteiger partial charge is 0.522 e. The molecule has 4 fully saturated rings. The molecule has 2 bridgehead atoms. The van der Waals surface area contributed by atoms with Gasteiger partial charge in [-0.2, -0.15) is 13.2 Å². The van der Waals surface area contributed by atoms with E-state index in [1.54, 1.807) is 0 Å². The molecule has 2 aromatic rings. The van der Waals surface area contributed by atoms with Crippen LogP contribution in [-0.2, 0) is 21.1 Å². The van der Waals surface area contributed by atoms with Crippen molar-refractivity contribution < 1.29 is 45.0 Å². The average molecular weight is 491 g/mol. The van der Waals surface area contributed by atoms with Gasteiger partial charge in [0.05, 0.1) is 17.1 Å². The van der Waals surface area contributed by atoms with Crippen LogP contribution in [0.2, 0.25) is 0 Å². The third-order valence-corrected chi connectivity index (χ3v) is 6.63. The van der Waals surface area contributed by atoms with Crippen molar-refractivity contribution in [3.63, 3.8) is 0 Å². The standard InChI is InChI=1S/C21H19F6N3O4/c22-20(23,24)12-1-3-13(4-2-12)32-7-15(31)28-19-8-18(9-19,10-19)17-30-29-16(33-17)11-5-14(6-11)34-21(25,26)27/h1-4,11,14H,5-10H2,(H,28,31)/t11-,14+,18?,19?. The second-order valence-corrected chi connectivity index (χ2v) is 9.25. The summed E-state index contributed by atoms with van der Waals surface area (Å²) in [7, 11) is 0. The molecule has 34 heavy (non-hydrogen) atoms. The lowest BCUT2D eigenvalue weighted by Gasteiger charge is -2.68. The molecule has 0 radical (unpaired) electrons. The Labute approximate surface area is 188 Å². The van der Waals surface area contributed by atoms with Crippen LogP contribution in [-0.4, -0.2) is 40.7 Å². The summed E-state index contributed by atoms with van der Waals surface area (Å²) in [5.41, 5.74) is -1.57. The number of ether oxygens (including phenoxy) is 2. The minimum absolute atomic E-state index is 0.148. The lowest BCUT2D eigenvalue weighted by Crippen LogP contribution is -2.77. The van der Waals surface area contributed by atoms with Gasteiger partial charge in [-0.25, -0.2) is 0 Å². The molecule has 1 heterocycles. The predicted octanol–water partition coefficient (Wildman–Crippen LogP) is 4.24. The van der Waals surface area contributed by atoms with Crippen LogP contribution in [0.4, 0.5) is 26.3 Å². The number of nitrogens with one attached hydrogen (secondary N) is 1. The summed E-state index contributed by atoms with van der Waals surface area (Å²) in [6, 6.07) is 4.06. The van der Waals surface area contributed by atoms with Crippen molar-refractivity contribution in [2.24, 2.45) is 0 Å². The van der Waals surface area contributed by atoms with Gasteiger partial charge in [0.2, 0.25) is 11.8 Å². The molecule has 4 aliphatic carbocycles. The van der Waals surface area contributed by atoms with Gasteiger partial charge in [-0.1, -0.05) is 0 Å². The van der Waals surface area contributed by atoms with Crippen LogP contribution < -0.4 is 10.1 Å². The molecule has 1 aromatic heterocycles. The van der Waals surface area contributed by atoms with Gasteiger partial charge in [0.25, 0.3) is 5.91 Å². The highest BCUT2D eigenvalue weighted by Crippen LogP contribution is 2.67. The summed E-state index contributed by atoms with van der Waals surface area (Å²) in [5.74, 6) is 0.195. The van der Waals surface area contributed by atoms with E-state index >= 15 is 0 Å².